The van der Waals surface area contributed by atoms with Crippen molar-refractivity contribution >= 4 is 28.7 Å². The van der Waals surface area contributed by atoms with Gasteiger partial charge in [0.25, 0.3) is 11.9 Å². The topological polar surface area (TPSA) is 90.1 Å². The van der Waals surface area contributed by atoms with Gasteiger partial charge in [0.05, 0.1) is 24.7 Å². The lowest BCUT2D eigenvalue weighted by atomic mass is 10.0. The summed E-state index contributed by atoms with van der Waals surface area (Å²) < 4.78 is 5.20. The summed E-state index contributed by atoms with van der Waals surface area (Å²) in [4.78, 5) is 24.6. The fourth-order valence-electron chi connectivity index (χ4n) is 3.31. The van der Waals surface area contributed by atoms with Crippen LogP contribution in [0.4, 0.5) is 5.95 Å². The molecule has 1 aliphatic rings. The molecule has 2 aromatic carbocycles. The van der Waals surface area contributed by atoms with Crippen molar-refractivity contribution < 1.29 is 14.5 Å². The molecule has 142 valence electrons. The molecule has 0 radical (unpaired) electrons. The zero-order chi connectivity index (χ0) is 19.7. The predicted octanol–water partition coefficient (Wildman–Crippen LogP) is 1.36. The van der Waals surface area contributed by atoms with E-state index in [4.69, 9.17) is 4.74 Å². The van der Waals surface area contributed by atoms with Crippen LogP contribution in [0.15, 0.2) is 42.5 Å². The maximum Gasteiger partial charge on any atom is 0.358 e. The number of ether oxygens (including phenoxy) is 1. The zero-order valence-electron chi connectivity index (χ0n) is 16.0. The van der Waals surface area contributed by atoms with E-state index in [1.165, 1.54) is 0 Å². The SMILES string of the molecule is COc1ccc([C@H]2CC(=O)NC(Nc3nc(C)c4ccc(C)cc4n3)=[NH+]2)cc1. The van der Waals surface area contributed by atoms with E-state index in [1.807, 2.05) is 56.3 Å². The molecule has 1 aliphatic heterocycles. The third-order valence-corrected chi connectivity index (χ3v) is 4.77. The monoisotopic (exact) mass is 376 g/mol. The van der Waals surface area contributed by atoms with Crippen molar-refractivity contribution in [3.63, 3.8) is 0 Å². The first-order chi connectivity index (χ1) is 13.5. The Hall–Kier alpha value is -3.48. The van der Waals surface area contributed by atoms with Crippen LogP contribution in [0.1, 0.15) is 29.3 Å². The van der Waals surface area contributed by atoms with Gasteiger partial charge in [-0.2, -0.15) is 4.98 Å². The Labute approximate surface area is 162 Å². The van der Waals surface area contributed by atoms with Crippen molar-refractivity contribution in [2.24, 2.45) is 0 Å². The first-order valence-electron chi connectivity index (χ1n) is 9.11. The number of hydrogen-bond donors (Lipinski definition) is 3. The average molecular weight is 376 g/mol. The van der Waals surface area contributed by atoms with Gasteiger partial charge in [-0.1, -0.05) is 24.3 Å². The highest BCUT2D eigenvalue weighted by Gasteiger charge is 2.28. The largest absolute Gasteiger partial charge is 0.497 e. The van der Waals surface area contributed by atoms with Crippen LogP contribution in [0.2, 0.25) is 0 Å². The smallest absolute Gasteiger partial charge is 0.358 e. The Balaban J connectivity index is 1.63. The molecule has 3 N–H and O–H groups in total. The first kappa shape index (κ1) is 17.9. The number of hydrogen-bond acceptors (Lipinski definition) is 5. The number of carbonyl (C=O) groups excluding carboxylic acids is 1. The lowest BCUT2D eigenvalue weighted by molar-refractivity contribution is -0.513. The van der Waals surface area contributed by atoms with E-state index in [1.54, 1.807) is 7.11 Å². The normalized spacial score (nSPS) is 16.5. The number of nitrogens with one attached hydrogen (secondary N) is 3. The number of benzene rings is 2. The van der Waals surface area contributed by atoms with Crippen molar-refractivity contribution in [3.05, 3.63) is 59.3 Å². The van der Waals surface area contributed by atoms with Crippen LogP contribution < -0.4 is 20.4 Å². The average Bonchev–Trinajstić information content (AvgIpc) is 2.67. The van der Waals surface area contributed by atoms with Crippen LogP contribution in [-0.4, -0.2) is 28.9 Å². The Morgan fingerprint density at radius 1 is 1.14 bits per heavy atom. The van der Waals surface area contributed by atoms with Crippen molar-refractivity contribution in [1.29, 1.82) is 0 Å². The standard InChI is InChI=1S/C21H21N5O2/c1-12-4-9-16-13(2)22-20(24-18(16)10-12)26-21-23-17(11-19(27)25-21)14-5-7-15(28-3)8-6-14/h4-10,17H,11H2,1-3H3,(H2,22,23,24,25,26,27)/p+1/t17-/m1/s1. The van der Waals surface area contributed by atoms with Gasteiger partial charge in [0, 0.05) is 5.39 Å². The third kappa shape index (κ3) is 3.64. The van der Waals surface area contributed by atoms with Gasteiger partial charge in [-0.15, -0.1) is 0 Å². The summed E-state index contributed by atoms with van der Waals surface area (Å²) in [6.45, 7) is 3.98. The maximum atomic E-state index is 12.2. The van der Waals surface area contributed by atoms with Crippen molar-refractivity contribution in [3.8, 4) is 5.75 Å². The second-order valence-corrected chi connectivity index (χ2v) is 6.88. The predicted molar refractivity (Wildman–Crippen MR) is 107 cm³/mol. The maximum absolute atomic E-state index is 12.2. The number of guanidine groups is 1. The Morgan fingerprint density at radius 2 is 1.93 bits per heavy atom. The Morgan fingerprint density at radius 3 is 2.68 bits per heavy atom. The summed E-state index contributed by atoms with van der Waals surface area (Å²) >= 11 is 0. The fraction of sp³-hybridized carbons (Fsp3) is 0.238. The van der Waals surface area contributed by atoms with Crippen LogP contribution in [0.25, 0.3) is 10.9 Å². The van der Waals surface area contributed by atoms with Crippen LogP contribution in [0.5, 0.6) is 5.75 Å². The first-order valence-corrected chi connectivity index (χ1v) is 9.11. The molecule has 7 nitrogen and oxygen atoms in total. The lowest BCUT2D eigenvalue weighted by Gasteiger charge is -2.17. The van der Waals surface area contributed by atoms with E-state index in [2.05, 4.69) is 25.6 Å². The molecule has 0 unspecified atom stereocenters. The second kappa shape index (κ2) is 7.26. The van der Waals surface area contributed by atoms with Crippen LogP contribution in [0, 0.1) is 13.8 Å². The summed E-state index contributed by atoms with van der Waals surface area (Å²) in [6, 6.07) is 13.6. The highest BCUT2D eigenvalue weighted by atomic mass is 16.5. The molecule has 3 aromatic rings. The van der Waals surface area contributed by atoms with Gasteiger partial charge in [-0.25, -0.2) is 15.6 Å². The number of amides is 1. The number of methoxy groups -OCH3 is 1. The molecule has 1 amide bonds. The minimum absolute atomic E-state index is 0.0737. The van der Waals surface area contributed by atoms with Gasteiger partial charge in [0.15, 0.2) is 0 Å². The summed E-state index contributed by atoms with van der Waals surface area (Å²) in [5, 5.41) is 6.94. The molecular formula is C21H22N5O2+. The molecule has 28 heavy (non-hydrogen) atoms. The van der Waals surface area contributed by atoms with Crippen molar-refractivity contribution in [2.45, 2.75) is 26.3 Å². The highest BCUT2D eigenvalue weighted by Crippen LogP contribution is 2.19. The Bertz CT molecular complexity index is 1080. The summed E-state index contributed by atoms with van der Waals surface area (Å²) in [5.41, 5.74) is 3.88. The summed E-state index contributed by atoms with van der Waals surface area (Å²) in [7, 11) is 1.63. The molecule has 0 saturated heterocycles. The quantitative estimate of drug-likeness (QED) is 0.642. The molecule has 1 aromatic heterocycles. The van der Waals surface area contributed by atoms with Crippen LogP contribution in [0.3, 0.4) is 0 Å². The van der Waals surface area contributed by atoms with Gasteiger partial charge < -0.3 is 4.74 Å². The molecule has 0 bridgehead atoms. The molecule has 2 heterocycles. The van der Waals surface area contributed by atoms with E-state index in [-0.39, 0.29) is 11.9 Å². The van der Waals surface area contributed by atoms with Gasteiger partial charge in [0.2, 0.25) is 0 Å². The number of carbonyl (C=O) groups is 1. The van der Waals surface area contributed by atoms with Gasteiger partial charge in [0.1, 0.15) is 11.8 Å². The minimum atomic E-state index is -0.147. The number of aryl methyl sites for hydroxylation is 2. The Kier molecular flexibility index (Phi) is 4.65. The van der Waals surface area contributed by atoms with Gasteiger partial charge in [-0.3, -0.25) is 9.79 Å². The number of anilines is 1. The molecule has 0 aliphatic carbocycles. The number of rotatable bonds is 3. The van der Waals surface area contributed by atoms with Crippen LogP contribution >= 0.6 is 0 Å². The summed E-state index contributed by atoms with van der Waals surface area (Å²) in [5.74, 6) is 1.62. The number of aromatic nitrogens is 2. The molecule has 0 spiro atoms. The zero-order valence-corrected chi connectivity index (χ0v) is 16.0. The third-order valence-electron chi connectivity index (χ3n) is 4.77. The molecule has 0 saturated carbocycles. The van der Waals surface area contributed by atoms with E-state index in [9.17, 15) is 4.79 Å². The van der Waals surface area contributed by atoms with Crippen LogP contribution in [-0.2, 0) is 4.79 Å². The number of nitrogens with zero attached hydrogens (tertiary/aromatic N) is 2. The highest BCUT2D eigenvalue weighted by molar-refractivity contribution is 6.01. The van der Waals surface area contributed by atoms with E-state index in [0.29, 0.717) is 18.3 Å². The lowest BCUT2D eigenvalue weighted by Crippen LogP contribution is -2.82. The van der Waals surface area contributed by atoms with E-state index >= 15 is 0 Å². The van der Waals surface area contributed by atoms with Crippen molar-refractivity contribution in [2.75, 3.05) is 12.4 Å². The number of fused-ring (bicyclic) bond motifs is 1. The van der Waals surface area contributed by atoms with Gasteiger partial charge in [-0.05, 0) is 43.2 Å². The minimum Gasteiger partial charge on any atom is -0.497 e. The van der Waals surface area contributed by atoms with E-state index in [0.717, 1.165) is 33.5 Å². The molecule has 7 heteroatoms. The fourth-order valence-corrected chi connectivity index (χ4v) is 3.31. The van der Waals surface area contributed by atoms with E-state index < -0.39 is 0 Å². The molecule has 1 atom stereocenters. The molecule has 0 fully saturated rings. The second-order valence-electron chi connectivity index (χ2n) is 6.88. The van der Waals surface area contributed by atoms with Crippen molar-refractivity contribution in [1.82, 2.24) is 15.3 Å². The van der Waals surface area contributed by atoms with Gasteiger partial charge >= 0.3 is 5.96 Å². The molecular weight excluding hydrogens is 354 g/mol. The summed E-state index contributed by atoms with van der Waals surface area (Å²) in [6.07, 6.45) is 0.342. The molecule has 4 rings (SSSR count).